The number of aliphatic hydroxyl groups is 1. The van der Waals surface area contributed by atoms with Gasteiger partial charge < -0.3 is 19.9 Å². The predicted molar refractivity (Wildman–Crippen MR) is 92.6 cm³/mol. The zero-order valence-electron chi connectivity index (χ0n) is 14.9. The first-order chi connectivity index (χ1) is 11.3. The summed E-state index contributed by atoms with van der Waals surface area (Å²) >= 11 is 1.54. The largest absolute Gasteiger partial charge is 0.463 e. The molecule has 0 spiro atoms. The Morgan fingerprint density at radius 3 is 2.38 bits per heavy atom. The lowest BCUT2D eigenvalue weighted by molar-refractivity contribution is -0.154. The molecule has 0 bridgehead atoms. The summed E-state index contributed by atoms with van der Waals surface area (Å²) in [5, 5.41) is 12.4. The molecule has 2 N–H and O–H groups in total. The van der Waals surface area contributed by atoms with Crippen LogP contribution in [0, 0.1) is 5.92 Å². The van der Waals surface area contributed by atoms with Gasteiger partial charge in [-0.15, -0.1) is 0 Å². The van der Waals surface area contributed by atoms with Crippen LogP contribution in [0.4, 0.5) is 0 Å². The Morgan fingerprint density at radius 1 is 1.17 bits per heavy atom. The fourth-order valence-corrected chi connectivity index (χ4v) is 2.52. The number of amides is 1. The molecule has 0 aliphatic heterocycles. The van der Waals surface area contributed by atoms with E-state index in [1.807, 2.05) is 13.8 Å². The SMILES string of the molecule is CCC(C)C(=O)OCC(O)COC(=O)CCSCC(C)NC(C)=O. The van der Waals surface area contributed by atoms with E-state index < -0.39 is 12.1 Å². The molecule has 3 unspecified atom stereocenters. The van der Waals surface area contributed by atoms with Crippen molar-refractivity contribution in [2.75, 3.05) is 24.7 Å². The van der Waals surface area contributed by atoms with Crippen LogP contribution in [0.1, 0.15) is 40.5 Å². The second-order valence-electron chi connectivity index (χ2n) is 5.70. The summed E-state index contributed by atoms with van der Waals surface area (Å²) in [5.74, 6) is 0.208. The minimum atomic E-state index is -1.02. The van der Waals surface area contributed by atoms with Crippen molar-refractivity contribution in [3.05, 3.63) is 0 Å². The molecule has 0 saturated carbocycles. The van der Waals surface area contributed by atoms with Crippen LogP contribution in [0.15, 0.2) is 0 Å². The number of nitrogens with one attached hydrogen (secondary N) is 1. The van der Waals surface area contributed by atoms with Gasteiger partial charge in [-0.2, -0.15) is 11.8 Å². The van der Waals surface area contributed by atoms with Crippen LogP contribution in [-0.2, 0) is 23.9 Å². The van der Waals surface area contributed by atoms with Crippen molar-refractivity contribution in [3.8, 4) is 0 Å². The molecule has 1 amide bonds. The van der Waals surface area contributed by atoms with Gasteiger partial charge in [0, 0.05) is 24.5 Å². The molecule has 24 heavy (non-hydrogen) atoms. The molecule has 0 saturated heterocycles. The van der Waals surface area contributed by atoms with Gasteiger partial charge in [0.15, 0.2) is 0 Å². The highest BCUT2D eigenvalue weighted by molar-refractivity contribution is 7.99. The summed E-state index contributed by atoms with van der Waals surface area (Å²) in [4.78, 5) is 33.8. The summed E-state index contributed by atoms with van der Waals surface area (Å²) in [7, 11) is 0. The lowest BCUT2D eigenvalue weighted by Gasteiger charge is -2.14. The Labute approximate surface area is 147 Å². The highest BCUT2D eigenvalue weighted by atomic mass is 32.2. The van der Waals surface area contributed by atoms with Crippen LogP contribution in [0.5, 0.6) is 0 Å². The van der Waals surface area contributed by atoms with E-state index in [0.717, 1.165) is 0 Å². The molecule has 0 rings (SSSR count). The van der Waals surface area contributed by atoms with Gasteiger partial charge in [0.1, 0.15) is 19.3 Å². The fraction of sp³-hybridized carbons (Fsp3) is 0.812. The van der Waals surface area contributed by atoms with Crippen molar-refractivity contribution in [2.24, 2.45) is 5.92 Å². The first-order valence-corrected chi connectivity index (χ1v) is 9.26. The maximum absolute atomic E-state index is 11.5. The summed E-state index contributed by atoms with van der Waals surface area (Å²) in [6.07, 6.45) is -0.131. The van der Waals surface area contributed by atoms with E-state index in [0.29, 0.717) is 17.9 Å². The third kappa shape index (κ3) is 12.2. The van der Waals surface area contributed by atoms with E-state index in [2.05, 4.69) is 5.32 Å². The minimum Gasteiger partial charge on any atom is -0.463 e. The Bertz CT molecular complexity index is 404. The van der Waals surface area contributed by atoms with Crippen LogP contribution >= 0.6 is 11.8 Å². The average Bonchev–Trinajstić information content (AvgIpc) is 2.53. The predicted octanol–water partition coefficient (Wildman–Crippen LogP) is 1.13. The van der Waals surface area contributed by atoms with E-state index in [1.165, 1.54) is 18.7 Å². The molecule has 0 aromatic carbocycles. The molecular weight excluding hydrogens is 334 g/mol. The quantitative estimate of drug-likeness (QED) is 0.396. The van der Waals surface area contributed by atoms with E-state index in [4.69, 9.17) is 9.47 Å². The molecular formula is C16H29NO6S. The Kier molecular flexibility index (Phi) is 12.4. The van der Waals surface area contributed by atoms with Crippen LogP contribution in [0.3, 0.4) is 0 Å². The summed E-state index contributed by atoms with van der Waals surface area (Å²) in [5.41, 5.74) is 0. The van der Waals surface area contributed by atoms with Gasteiger partial charge in [-0.25, -0.2) is 0 Å². The van der Waals surface area contributed by atoms with Gasteiger partial charge in [-0.1, -0.05) is 13.8 Å². The Hall–Kier alpha value is -1.28. The molecule has 0 aromatic heterocycles. The molecule has 0 aliphatic carbocycles. The smallest absolute Gasteiger partial charge is 0.308 e. The zero-order chi connectivity index (χ0) is 18.5. The van der Waals surface area contributed by atoms with E-state index >= 15 is 0 Å². The molecule has 8 heteroatoms. The van der Waals surface area contributed by atoms with Crippen molar-refractivity contribution in [2.45, 2.75) is 52.7 Å². The van der Waals surface area contributed by atoms with Gasteiger partial charge in [0.25, 0.3) is 0 Å². The summed E-state index contributed by atoms with van der Waals surface area (Å²) in [6.45, 7) is 6.60. The third-order valence-electron chi connectivity index (χ3n) is 3.14. The maximum atomic E-state index is 11.5. The molecule has 140 valence electrons. The number of thioether (sulfide) groups is 1. The summed E-state index contributed by atoms with van der Waals surface area (Å²) < 4.78 is 9.86. The molecule has 7 nitrogen and oxygen atoms in total. The number of hydrogen-bond acceptors (Lipinski definition) is 7. The Morgan fingerprint density at radius 2 is 1.79 bits per heavy atom. The lowest BCUT2D eigenvalue weighted by Crippen LogP contribution is -2.32. The number of aliphatic hydroxyl groups excluding tert-OH is 1. The normalized spacial score (nSPS) is 14.4. The zero-order valence-corrected chi connectivity index (χ0v) is 15.7. The highest BCUT2D eigenvalue weighted by Crippen LogP contribution is 2.06. The van der Waals surface area contributed by atoms with Crippen LogP contribution < -0.4 is 5.32 Å². The molecule has 3 atom stereocenters. The van der Waals surface area contributed by atoms with E-state index in [9.17, 15) is 19.5 Å². The van der Waals surface area contributed by atoms with Crippen LogP contribution in [0.2, 0.25) is 0 Å². The molecule has 0 aliphatic rings. The monoisotopic (exact) mass is 363 g/mol. The van der Waals surface area contributed by atoms with Crippen molar-refractivity contribution in [1.29, 1.82) is 0 Å². The first kappa shape index (κ1) is 22.7. The molecule has 0 aromatic rings. The lowest BCUT2D eigenvalue weighted by atomic mass is 10.1. The van der Waals surface area contributed by atoms with Crippen LogP contribution in [-0.4, -0.2) is 59.8 Å². The van der Waals surface area contributed by atoms with Crippen molar-refractivity contribution in [1.82, 2.24) is 5.32 Å². The minimum absolute atomic E-state index is 0.0468. The second-order valence-corrected chi connectivity index (χ2v) is 6.85. The number of ether oxygens (including phenoxy) is 2. The standard InChI is InChI=1S/C16H29NO6S/c1-5-11(2)16(21)23-9-14(19)8-22-15(20)6-7-24-10-12(3)17-13(4)18/h11-12,14,19H,5-10H2,1-4H3,(H,17,18). The second kappa shape index (κ2) is 13.1. The van der Waals surface area contributed by atoms with Crippen molar-refractivity contribution < 1.29 is 29.0 Å². The van der Waals surface area contributed by atoms with Gasteiger partial charge in [-0.3, -0.25) is 14.4 Å². The van der Waals surface area contributed by atoms with Crippen molar-refractivity contribution >= 4 is 29.6 Å². The number of carbonyl (C=O) groups excluding carboxylic acids is 3. The number of esters is 2. The molecule has 0 radical (unpaired) electrons. The van der Waals surface area contributed by atoms with E-state index in [-0.39, 0.29) is 43.5 Å². The average molecular weight is 363 g/mol. The number of hydrogen-bond donors (Lipinski definition) is 2. The number of carbonyl (C=O) groups is 3. The first-order valence-electron chi connectivity index (χ1n) is 8.11. The summed E-state index contributed by atoms with van der Waals surface area (Å²) in [6, 6.07) is 0.0468. The number of rotatable bonds is 12. The van der Waals surface area contributed by atoms with Gasteiger partial charge in [0.05, 0.1) is 12.3 Å². The van der Waals surface area contributed by atoms with Gasteiger partial charge >= 0.3 is 11.9 Å². The topological polar surface area (TPSA) is 102 Å². The third-order valence-corrected chi connectivity index (χ3v) is 4.37. The van der Waals surface area contributed by atoms with E-state index in [1.54, 1.807) is 6.92 Å². The van der Waals surface area contributed by atoms with Crippen molar-refractivity contribution in [3.63, 3.8) is 0 Å². The molecule has 0 heterocycles. The molecule has 0 fully saturated rings. The maximum Gasteiger partial charge on any atom is 0.308 e. The Balaban J connectivity index is 3.71. The van der Waals surface area contributed by atoms with Gasteiger partial charge in [-0.05, 0) is 13.3 Å². The highest BCUT2D eigenvalue weighted by Gasteiger charge is 2.15. The fourth-order valence-electron chi connectivity index (χ4n) is 1.60. The van der Waals surface area contributed by atoms with Crippen LogP contribution in [0.25, 0.3) is 0 Å². The van der Waals surface area contributed by atoms with Gasteiger partial charge in [0.2, 0.25) is 5.91 Å².